The van der Waals surface area contributed by atoms with Crippen molar-refractivity contribution in [2.45, 2.75) is 59.0 Å². The molecule has 1 fully saturated rings. The summed E-state index contributed by atoms with van der Waals surface area (Å²) in [5, 5.41) is 3.74. The van der Waals surface area contributed by atoms with E-state index >= 15 is 0 Å². The van der Waals surface area contributed by atoms with Crippen molar-refractivity contribution in [2.75, 3.05) is 0 Å². The fourth-order valence-electron chi connectivity index (χ4n) is 2.60. The lowest BCUT2D eigenvalue weighted by Gasteiger charge is -2.34. The normalized spacial score (nSPS) is 19.8. The molecule has 0 saturated heterocycles. The van der Waals surface area contributed by atoms with E-state index in [1.165, 1.54) is 36.0 Å². The molecule has 0 radical (unpaired) electrons. The summed E-state index contributed by atoms with van der Waals surface area (Å²) in [4.78, 5) is 0. The minimum absolute atomic E-state index is 0.463. The largest absolute Gasteiger partial charge is 0.307 e. The van der Waals surface area contributed by atoms with Crippen molar-refractivity contribution in [3.05, 3.63) is 34.9 Å². The third-order valence-corrected chi connectivity index (χ3v) is 4.40. The van der Waals surface area contributed by atoms with Gasteiger partial charge in [0.2, 0.25) is 0 Å². The van der Waals surface area contributed by atoms with Gasteiger partial charge in [-0.2, -0.15) is 0 Å². The summed E-state index contributed by atoms with van der Waals surface area (Å²) in [6.45, 7) is 8.98. The van der Waals surface area contributed by atoms with Gasteiger partial charge in [-0.15, -0.1) is 0 Å². The lowest BCUT2D eigenvalue weighted by molar-refractivity contribution is 0.230. The molecule has 1 aromatic rings. The molecule has 1 heteroatoms. The van der Waals surface area contributed by atoms with Crippen LogP contribution in [0.5, 0.6) is 0 Å². The van der Waals surface area contributed by atoms with Crippen molar-refractivity contribution in [2.24, 2.45) is 5.92 Å². The first-order valence-electron chi connectivity index (χ1n) is 6.91. The van der Waals surface area contributed by atoms with Crippen molar-refractivity contribution in [3.8, 4) is 0 Å². The first kappa shape index (κ1) is 12.6. The van der Waals surface area contributed by atoms with Crippen LogP contribution in [-0.4, -0.2) is 6.04 Å². The molecule has 17 heavy (non-hydrogen) atoms. The summed E-state index contributed by atoms with van der Waals surface area (Å²) >= 11 is 0. The van der Waals surface area contributed by atoms with Gasteiger partial charge in [0.15, 0.2) is 0 Å². The molecule has 1 aliphatic rings. The third kappa shape index (κ3) is 2.90. The zero-order chi connectivity index (χ0) is 12.4. The van der Waals surface area contributed by atoms with Crippen LogP contribution in [0.1, 0.15) is 55.8 Å². The van der Waals surface area contributed by atoms with Crippen LogP contribution in [0.3, 0.4) is 0 Å². The summed E-state index contributed by atoms with van der Waals surface area (Å²) in [5.41, 5.74) is 4.19. The van der Waals surface area contributed by atoms with E-state index < -0.39 is 0 Å². The number of nitrogens with one attached hydrogen (secondary N) is 1. The Kier molecular flexibility index (Phi) is 3.88. The topological polar surface area (TPSA) is 12.0 Å². The monoisotopic (exact) mass is 231 g/mol. The zero-order valence-electron chi connectivity index (χ0n) is 11.6. The Morgan fingerprint density at radius 2 is 1.82 bits per heavy atom. The molecule has 1 aromatic carbocycles. The fourth-order valence-corrected chi connectivity index (χ4v) is 2.60. The molecule has 0 heterocycles. The van der Waals surface area contributed by atoms with Crippen molar-refractivity contribution < 1.29 is 0 Å². The molecule has 0 amide bonds. The SMILES string of the molecule is Cc1ccc(C(C)NC(C)C2CCC2)cc1C. The minimum Gasteiger partial charge on any atom is -0.307 e. The molecule has 0 aliphatic heterocycles. The van der Waals surface area contributed by atoms with Gasteiger partial charge < -0.3 is 5.32 Å². The number of hydrogen-bond donors (Lipinski definition) is 1. The van der Waals surface area contributed by atoms with E-state index in [-0.39, 0.29) is 0 Å². The van der Waals surface area contributed by atoms with E-state index in [9.17, 15) is 0 Å². The number of rotatable bonds is 4. The number of aryl methyl sites for hydroxylation is 2. The summed E-state index contributed by atoms with van der Waals surface area (Å²) in [5.74, 6) is 0.906. The van der Waals surface area contributed by atoms with E-state index in [2.05, 4.69) is 51.2 Å². The summed E-state index contributed by atoms with van der Waals surface area (Å²) in [6, 6.07) is 7.93. The zero-order valence-corrected chi connectivity index (χ0v) is 11.6. The first-order valence-corrected chi connectivity index (χ1v) is 6.91. The molecule has 1 nitrogen and oxygen atoms in total. The maximum Gasteiger partial charge on any atom is 0.0294 e. The molecule has 2 unspecified atom stereocenters. The average Bonchev–Trinajstić information content (AvgIpc) is 2.19. The van der Waals surface area contributed by atoms with Gasteiger partial charge in [0.1, 0.15) is 0 Å². The van der Waals surface area contributed by atoms with Crippen LogP contribution in [0.2, 0.25) is 0 Å². The van der Waals surface area contributed by atoms with Gasteiger partial charge in [-0.25, -0.2) is 0 Å². The summed E-state index contributed by atoms with van der Waals surface area (Å²) in [7, 11) is 0. The Morgan fingerprint density at radius 3 is 2.35 bits per heavy atom. The van der Waals surface area contributed by atoms with Crippen LogP contribution in [0.4, 0.5) is 0 Å². The molecule has 2 atom stereocenters. The molecule has 1 saturated carbocycles. The van der Waals surface area contributed by atoms with E-state index in [0.717, 1.165) is 5.92 Å². The van der Waals surface area contributed by atoms with Gasteiger partial charge in [0.25, 0.3) is 0 Å². The Morgan fingerprint density at radius 1 is 1.12 bits per heavy atom. The van der Waals surface area contributed by atoms with Crippen LogP contribution in [-0.2, 0) is 0 Å². The predicted octanol–water partition coefficient (Wildman–Crippen LogP) is 4.14. The number of hydrogen-bond acceptors (Lipinski definition) is 1. The molecule has 1 N–H and O–H groups in total. The van der Waals surface area contributed by atoms with E-state index in [1.54, 1.807) is 0 Å². The lowest BCUT2D eigenvalue weighted by Crippen LogP contribution is -2.38. The van der Waals surface area contributed by atoms with Crippen LogP contribution >= 0.6 is 0 Å². The highest BCUT2D eigenvalue weighted by Crippen LogP contribution is 2.30. The second kappa shape index (κ2) is 5.22. The quantitative estimate of drug-likeness (QED) is 0.821. The van der Waals surface area contributed by atoms with Gasteiger partial charge in [-0.1, -0.05) is 24.6 Å². The van der Waals surface area contributed by atoms with Gasteiger partial charge in [-0.05, 0) is 63.1 Å². The van der Waals surface area contributed by atoms with Gasteiger partial charge >= 0.3 is 0 Å². The van der Waals surface area contributed by atoms with E-state index in [4.69, 9.17) is 0 Å². The second-order valence-corrected chi connectivity index (χ2v) is 5.71. The first-order chi connectivity index (χ1) is 8.08. The van der Waals surface area contributed by atoms with Crippen molar-refractivity contribution >= 4 is 0 Å². The second-order valence-electron chi connectivity index (χ2n) is 5.71. The Hall–Kier alpha value is -0.820. The highest BCUT2D eigenvalue weighted by Gasteiger charge is 2.24. The average molecular weight is 231 g/mol. The Bertz CT molecular complexity index is 379. The predicted molar refractivity (Wildman–Crippen MR) is 74.3 cm³/mol. The lowest BCUT2D eigenvalue weighted by atomic mass is 9.80. The third-order valence-electron chi connectivity index (χ3n) is 4.40. The highest BCUT2D eigenvalue weighted by atomic mass is 14.9. The summed E-state index contributed by atoms with van der Waals surface area (Å²) in [6.07, 6.45) is 4.25. The minimum atomic E-state index is 0.463. The van der Waals surface area contributed by atoms with Crippen LogP contribution in [0, 0.1) is 19.8 Å². The van der Waals surface area contributed by atoms with Gasteiger partial charge in [-0.3, -0.25) is 0 Å². The Labute approximate surface area is 106 Å². The van der Waals surface area contributed by atoms with Crippen molar-refractivity contribution in [1.82, 2.24) is 5.32 Å². The fraction of sp³-hybridized carbons (Fsp3) is 0.625. The van der Waals surface area contributed by atoms with Gasteiger partial charge in [0, 0.05) is 12.1 Å². The van der Waals surface area contributed by atoms with E-state index in [1.807, 2.05) is 0 Å². The molecule has 2 rings (SSSR count). The molecule has 94 valence electrons. The van der Waals surface area contributed by atoms with Crippen LogP contribution in [0.25, 0.3) is 0 Å². The van der Waals surface area contributed by atoms with Crippen LogP contribution < -0.4 is 5.32 Å². The standard InChI is InChI=1S/C16H25N/c1-11-8-9-16(10-12(11)2)14(4)17-13(3)15-6-5-7-15/h8-10,13-15,17H,5-7H2,1-4H3. The van der Waals surface area contributed by atoms with Crippen molar-refractivity contribution in [3.63, 3.8) is 0 Å². The smallest absolute Gasteiger partial charge is 0.0294 e. The molecular formula is C16H25N. The maximum atomic E-state index is 3.74. The molecule has 0 aromatic heterocycles. The molecule has 0 spiro atoms. The number of benzene rings is 1. The summed E-state index contributed by atoms with van der Waals surface area (Å²) < 4.78 is 0. The highest BCUT2D eigenvalue weighted by molar-refractivity contribution is 5.31. The van der Waals surface area contributed by atoms with Crippen LogP contribution in [0.15, 0.2) is 18.2 Å². The van der Waals surface area contributed by atoms with E-state index in [0.29, 0.717) is 12.1 Å². The Balaban J connectivity index is 1.98. The van der Waals surface area contributed by atoms with Crippen molar-refractivity contribution in [1.29, 1.82) is 0 Å². The molecular weight excluding hydrogens is 206 g/mol. The molecule has 1 aliphatic carbocycles. The molecule has 0 bridgehead atoms. The maximum absolute atomic E-state index is 3.74. The van der Waals surface area contributed by atoms with Gasteiger partial charge in [0.05, 0.1) is 0 Å².